The van der Waals surface area contributed by atoms with Gasteiger partial charge in [0.15, 0.2) is 5.82 Å². The van der Waals surface area contributed by atoms with E-state index in [1.807, 2.05) is 4.68 Å². The number of hydrogen-bond donors (Lipinski definition) is 0. The zero-order valence-electron chi connectivity index (χ0n) is 11.5. The van der Waals surface area contributed by atoms with Crippen LogP contribution in [-0.2, 0) is 12.8 Å². The second-order valence-electron chi connectivity index (χ2n) is 4.73. The van der Waals surface area contributed by atoms with E-state index >= 15 is 0 Å². The van der Waals surface area contributed by atoms with E-state index in [1.54, 1.807) is 0 Å². The Labute approximate surface area is 114 Å². The molecule has 0 saturated carbocycles. The molecule has 19 heavy (non-hydrogen) atoms. The van der Waals surface area contributed by atoms with E-state index in [2.05, 4.69) is 53.6 Å². The lowest BCUT2D eigenvalue weighted by Gasteiger charge is -2.05. The van der Waals surface area contributed by atoms with Gasteiger partial charge in [-0.15, -0.1) is 5.10 Å². The smallest absolute Gasteiger partial charge is 0.156 e. The van der Waals surface area contributed by atoms with E-state index in [1.165, 1.54) is 18.4 Å². The van der Waals surface area contributed by atoms with Crippen LogP contribution < -0.4 is 0 Å². The van der Waals surface area contributed by atoms with E-state index < -0.39 is 0 Å². The number of benzene rings is 1. The fourth-order valence-electron chi connectivity index (χ4n) is 2.10. The Morgan fingerprint density at radius 3 is 2.58 bits per heavy atom. The van der Waals surface area contributed by atoms with E-state index in [4.69, 9.17) is 0 Å². The first-order valence-electron chi connectivity index (χ1n) is 7.01. The molecule has 0 fully saturated rings. The summed E-state index contributed by atoms with van der Waals surface area (Å²) in [7, 11) is 0. The minimum atomic E-state index is 0.901. The summed E-state index contributed by atoms with van der Waals surface area (Å²) in [6.07, 6.45) is 6.47. The monoisotopic (exact) mass is 257 g/mol. The van der Waals surface area contributed by atoms with Crippen LogP contribution in [-0.4, -0.2) is 20.2 Å². The van der Waals surface area contributed by atoms with Gasteiger partial charge in [-0.2, -0.15) is 4.68 Å². The van der Waals surface area contributed by atoms with E-state index in [0.29, 0.717) is 0 Å². The highest BCUT2D eigenvalue weighted by Crippen LogP contribution is 2.13. The first kappa shape index (κ1) is 13.7. The number of aryl methyl sites for hydroxylation is 2. The molecule has 0 bridgehead atoms. The quantitative estimate of drug-likeness (QED) is 0.716. The molecule has 4 heteroatoms. The lowest BCUT2D eigenvalue weighted by Crippen LogP contribution is -2.03. The van der Waals surface area contributed by atoms with Crippen molar-refractivity contribution in [3.05, 3.63) is 42.6 Å². The standard InChI is InChI=1S/C15H21N4/c1-3-5-6-8-13-9-11-14(12-10-13)19-15(7-4-2)16-17-18-19/h9-12H,1,3-8H2,2H3. The maximum absolute atomic E-state index is 4.06. The highest BCUT2D eigenvalue weighted by molar-refractivity contribution is 5.34. The number of hydrogen-bond acceptors (Lipinski definition) is 3. The van der Waals surface area contributed by atoms with Gasteiger partial charge in [0.1, 0.15) is 0 Å². The highest BCUT2D eigenvalue weighted by Gasteiger charge is 2.06. The molecule has 0 aliphatic rings. The predicted molar refractivity (Wildman–Crippen MR) is 76.1 cm³/mol. The van der Waals surface area contributed by atoms with Gasteiger partial charge < -0.3 is 0 Å². The lowest BCUT2D eigenvalue weighted by atomic mass is 10.1. The average molecular weight is 257 g/mol. The van der Waals surface area contributed by atoms with Crippen LogP contribution in [0, 0.1) is 6.92 Å². The number of unbranched alkanes of at least 4 members (excludes halogenated alkanes) is 2. The summed E-state index contributed by atoms with van der Waals surface area (Å²) in [4.78, 5) is 0. The Hall–Kier alpha value is -1.71. The number of aromatic nitrogens is 4. The highest BCUT2D eigenvalue weighted by atomic mass is 15.5. The summed E-state index contributed by atoms with van der Waals surface area (Å²) in [5.41, 5.74) is 2.40. The summed E-state index contributed by atoms with van der Waals surface area (Å²) < 4.78 is 1.82. The van der Waals surface area contributed by atoms with Gasteiger partial charge in [-0.3, -0.25) is 0 Å². The molecular formula is C15H21N4. The molecule has 0 amide bonds. The Morgan fingerprint density at radius 2 is 1.89 bits per heavy atom. The zero-order chi connectivity index (χ0) is 13.5. The van der Waals surface area contributed by atoms with E-state index in [9.17, 15) is 0 Å². The molecule has 0 N–H and O–H groups in total. The molecule has 4 nitrogen and oxygen atoms in total. The Morgan fingerprint density at radius 1 is 1.11 bits per heavy atom. The molecular weight excluding hydrogens is 236 g/mol. The van der Waals surface area contributed by atoms with Crippen LogP contribution in [0.15, 0.2) is 24.3 Å². The molecule has 2 rings (SSSR count). The van der Waals surface area contributed by atoms with Crippen molar-refractivity contribution in [2.45, 2.75) is 45.4 Å². The fraction of sp³-hybridized carbons (Fsp3) is 0.467. The van der Waals surface area contributed by atoms with Gasteiger partial charge in [-0.25, -0.2) is 0 Å². The number of tetrazole rings is 1. The van der Waals surface area contributed by atoms with Crippen LogP contribution in [0.25, 0.3) is 5.69 Å². The van der Waals surface area contributed by atoms with Crippen LogP contribution in [0.2, 0.25) is 0 Å². The van der Waals surface area contributed by atoms with Crippen LogP contribution >= 0.6 is 0 Å². The first-order chi connectivity index (χ1) is 9.35. The SMILES string of the molecule is [CH2]CCCCc1ccc(-n2nnnc2CCC)cc1. The van der Waals surface area contributed by atoms with Gasteiger partial charge in [0.25, 0.3) is 0 Å². The largest absolute Gasteiger partial charge is 0.197 e. The Kier molecular flexibility index (Phi) is 5.07. The third-order valence-electron chi connectivity index (χ3n) is 3.15. The van der Waals surface area contributed by atoms with Crippen molar-refractivity contribution in [3.8, 4) is 5.69 Å². The van der Waals surface area contributed by atoms with Crippen molar-refractivity contribution in [1.29, 1.82) is 0 Å². The maximum atomic E-state index is 4.06. The lowest BCUT2D eigenvalue weighted by molar-refractivity contribution is 0.738. The van der Waals surface area contributed by atoms with Gasteiger partial charge in [-0.05, 0) is 47.4 Å². The zero-order valence-corrected chi connectivity index (χ0v) is 11.5. The van der Waals surface area contributed by atoms with E-state index in [-0.39, 0.29) is 0 Å². The molecule has 0 aliphatic carbocycles. The van der Waals surface area contributed by atoms with Crippen LogP contribution in [0.3, 0.4) is 0 Å². The summed E-state index contributed by atoms with van der Waals surface area (Å²) in [6.45, 7) is 6.00. The minimum Gasteiger partial charge on any atom is -0.197 e. The summed E-state index contributed by atoms with van der Waals surface area (Å²) in [5.74, 6) is 0.923. The van der Waals surface area contributed by atoms with Crippen LogP contribution in [0.4, 0.5) is 0 Å². The molecule has 0 spiro atoms. The number of rotatable bonds is 7. The average Bonchev–Trinajstić information content (AvgIpc) is 2.89. The molecule has 1 aromatic heterocycles. The van der Waals surface area contributed by atoms with E-state index in [0.717, 1.165) is 37.2 Å². The van der Waals surface area contributed by atoms with Gasteiger partial charge in [0.2, 0.25) is 0 Å². The van der Waals surface area contributed by atoms with Crippen molar-refractivity contribution in [2.75, 3.05) is 0 Å². The molecule has 0 atom stereocenters. The third kappa shape index (κ3) is 3.63. The van der Waals surface area contributed by atoms with Crippen molar-refractivity contribution >= 4 is 0 Å². The molecule has 0 unspecified atom stereocenters. The molecule has 101 valence electrons. The first-order valence-corrected chi connectivity index (χ1v) is 7.01. The molecule has 1 heterocycles. The normalized spacial score (nSPS) is 10.8. The Bertz CT molecular complexity index is 487. The molecule has 0 aliphatic heterocycles. The van der Waals surface area contributed by atoms with Gasteiger partial charge >= 0.3 is 0 Å². The molecule has 1 radical (unpaired) electrons. The van der Waals surface area contributed by atoms with Crippen molar-refractivity contribution in [2.24, 2.45) is 0 Å². The fourth-order valence-corrected chi connectivity index (χ4v) is 2.10. The Balaban J connectivity index is 2.07. The van der Waals surface area contributed by atoms with Gasteiger partial charge in [0, 0.05) is 6.42 Å². The third-order valence-corrected chi connectivity index (χ3v) is 3.15. The number of nitrogens with zero attached hydrogens (tertiary/aromatic N) is 4. The van der Waals surface area contributed by atoms with Crippen molar-refractivity contribution < 1.29 is 0 Å². The summed E-state index contributed by atoms with van der Waals surface area (Å²) >= 11 is 0. The van der Waals surface area contributed by atoms with Crippen LogP contribution in [0.5, 0.6) is 0 Å². The summed E-state index contributed by atoms with van der Waals surface area (Å²) in [5, 5.41) is 11.9. The molecule has 0 saturated heterocycles. The van der Waals surface area contributed by atoms with Crippen molar-refractivity contribution in [3.63, 3.8) is 0 Å². The molecule has 1 aromatic carbocycles. The van der Waals surface area contributed by atoms with Gasteiger partial charge in [0.05, 0.1) is 5.69 Å². The van der Waals surface area contributed by atoms with Crippen molar-refractivity contribution in [1.82, 2.24) is 20.2 Å². The second-order valence-corrected chi connectivity index (χ2v) is 4.73. The van der Waals surface area contributed by atoms with Gasteiger partial charge in [-0.1, -0.05) is 38.8 Å². The van der Waals surface area contributed by atoms with Crippen LogP contribution in [0.1, 0.15) is 44.0 Å². The second kappa shape index (κ2) is 7.02. The topological polar surface area (TPSA) is 43.6 Å². The minimum absolute atomic E-state index is 0.901. The maximum Gasteiger partial charge on any atom is 0.156 e. The molecule has 2 aromatic rings. The summed E-state index contributed by atoms with van der Waals surface area (Å²) in [6, 6.07) is 8.51. The predicted octanol–water partition coefficient (Wildman–Crippen LogP) is 3.16.